The van der Waals surface area contributed by atoms with Crippen molar-refractivity contribution in [2.75, 3.05) is 18.1 Å². The van der Waals surface area contributed by atoms with E-state index in [4.69, 9.17) is 4.74 Å². The van der Waals surface area contributed by atoms with Crippen LogP contribution in [0.4, 0.5) is 23.2 Å². The predicted molar refractivity (Wildman–Crippen MR) is 85.5 cm³/mol. The summed E-state index contributed by atoms with van der Waals surface area (Å²) in [5.41, 5.74) is 1.57. The molecule has 1 aliphatic heterocycles. The van der Waals surface area contributed by atoms with Crippen LogP contribution in [0.1, 0.15) is 11.6 Å². The molecule has 3 heterocycles. The number of rotatable bonds is 3. The van der Waals surface area contributed by atoms with Crippen LogP contribution in [-0.4, -0.2) is 28.3 Å². The van der Waals surface area contributed by atoms with Gasteiger partial charge in [-0.2, -0.15) is 18.2 Å². The van der Waals surface area contributed by atoms with Crippen LogP contribution < -0.4 is 9.64 Å². The fourth-order valence-electron chi connectivity index (χ4n) is 2.71. The van der Waals surface area contributed by atoms with Gasteiger partial charge in [0.05, 0.1) is 24.5 Å². The Morgan fingerprint density at radius 1 is 1.15 bits per heavy atom. The second-order valence-electron chi connectivity index (χ2n) is 5.84. The van der Waals surface area contributed by atoms with Crippen molar-refractivity contribution in [3.63, 3.8) is 0 Å². The molecule has 0 N–H and O–H groups in total. The van der Waals surface area contributed by atoms with E-state index in [-0.39, 0.29) is 11.6 Å². The second kappa shape index (κ2) is 6.53. The minimum atomic E-state index is -4.70. The zero-order chi connectivity index (χ0) is 19.0. The van der Waals surface area contributed by atoms with Crippen LogP contribution in [0, 0.1) is 5.82 Å². The van der Waals surface area contributed by atoms with Gasteiger partial charge in [0.1, 0.15) is 18.2 Å². The molecule has 0 spiro atoms. The van der Waals surface area contributed by atoms with Gasteiger partial charge in [-0.3, -0.25) is 4.98 Å². The SMILES string of the molecule is Fc1ccc2c(c1)N(Cc1ccc(-c3noc(C(F)(F)F)n3)cn1)CCO2. The summed E-state index contributed by atoms with van der Waals surface area (Å²) in [4.78, 5) is 9.48. The Morgan fingerprint density at radius 3 is 2.70 bits per heavy atom. The van der Waals surface area contributed by atoms with Gasteiger partial charge >= 0.3 is 12.1 Å². The van der Waals surface area contributed by atoms with E-state index >= 15 is 0 Å². The molecule has 0 amide bonds. The molecule has 0 unspecified atom stereocenters. The highest BCUT2D eigenvalue weighted by molar-refractivity contribution is 5.60. The van der Waals surface area contributed by atoms with Gasteiger partial charge in [0.15, 0.2) is 0 Å². The Hall–Kier alpha value is -3.17. The molecule has 4 rings (SSSR count). The lowest BCUT2D eigenvalue weighted by Crippen LogP contribution is -2.32. The molecule has 0 saturated carbocycles. The number of halogens is 4. The molecule has 2 aromatic heterocycles. The minimum absolute atomic E-state index is 0.194. The van der Waals surface area contributed by atoms with Crippen LogP contribution in [-0.2, 0) is 12.7 Å². The van der Waals surface area contributed by atoms with Crippen molar-refractivity contribution in [3.8, 4) is 17.1 Å². The summed E-state index contributed by atoms with van der Waals surface area (Å²) >= 11 is 0. The number of ether oxygens (including phenoxy) is 1. The van der Waals surface area contributed by atoms with Crippen molar-refractivity contribution >= 4 is 5.69 Å². The molecule has 1 aliphatic rings. The lowest BCUT2D eigenvalue weighted by atomic mass is 10.2. The Labute approximate surface area is 150 Å². The van der Waals surface area contributed by atoms with Crippen LogP contribution in [0.5, 0.6) is 5.75 Å². The summed E-state index contributed by atoms with van der Waals surface area (Å²) in [6.07, 6.45) is -3.33. The summed E-state index contributed by atoms with van der Waals surface area (Å²) in [6, 6.07) is 7.49. The molecule has 0 bridgehead atoms. The number of pyridine rings is 1. The van der Waals surface area contributed by atoms with Gasteiger partial charge in [0.2, 0.25) is 5.82 Å². The average Bonchev–Trinajstić information content (AvgIpc) is 3.13. The normalized spacial score (nSPS) is 14.0. The fraction of sp³-hybridized carbons (Fsp3) is 0.235. The topological polar surface area (TPSA) is 64.3 Å². The first-order valence-electron chi connectivity index (χ1n) is 7.94. The number of aromatic nitrogens is 3. The number of anilines is 1. The Balaban J connectivity index is 1.52. The first-order chi connectivity index (χ1) is 12.9. The first kappa shape index (κ1) is 17.3. The van der Waals surface area contributed by atoms with Crippen molar-refractivity contribution in [3.05, 3.63) is 53.9 Å². The van der Waals surface area contributed by atoms with Gasteiger partial charge in [-0.15, -0.1) is 0 Å². The van der Waals surface area contributed by atoms with E-state index < -0.39 is 12.1 Å². The van der Waals surface area contributed by atoms with Crippen LogP contribution in [0.3, 0.4) is 0 Å². The maximum absolute atomic E-state index is 13.5. The lowest BCUT2D eigenvalue weighted by Gasteiger charge is -2.31. The molecule has 0 aliphatic carbocycles. The molecule has 1 aromatic carbocycles. The summed E-state index contributed by atoms with van der Waals surface area (Å²) in [5, 5.41) is 3.32. The van der Waals surface area contributed by atoms with Crippen LogP contribution in [0.25, 0.3) is 11.4 Å². The van der Waals surface area contributed by atoms with E-state index in [2.05, 4.69) is 19.6 Å². The quantitative estimate of drug-likeness (QED) is 0.646. The molecule has 0 radical (unpaired) electrons. The largest absolute Gasteiger partial charge is 0.490 e. The zero-order valence-electron chi connectivity index (χ0n) is 13.7. The summed E-state index contributed by atoms with van der Waals surface area (Å²) < 4.78 is 60.9. The highest BCUT2D eigenvalue weighted by Gasteiger charge is 2.38. The molecule has 0 atom stereocenters. The maximum atomic E-state index is 13.5. The molecule has 0 saturated heterocycles. The van der Waals surface area contributed by atoms with Crippen molar-refractivity contribution in [1.82, 2.24) is 15.1 Å². The standard InChI is InChI=1S/C17H12F4N4O2/c18-11-2-4-14-13(7-11)25(5-6-26-14)9-12-3-1-10(8-22-12)15-23-16(27-24-15)17(19,20)21/h1-4,7-8H,5-6,9H2. The van der Waals surface area contributed by atoms with Gasteiger partial charge in [-0.1, -0.05) is 5.16 Å². The van der Waals surface area contributed by atoms with E-state index in [1.165, 1.54) is 18.3 Å². The van der Waals surface area contributed by atoms with Crippen molar-refractivity contribution in [2.45, 2.75) is 12.7 Å². The average molecular weight is 380 g/mol. The summed E-state index contributed by atoms with van der Waals surface area (Å²) in [6.45, 7) is 1.40. The van der Waals surface area contributed by atoms with E-state index in [9.17, 15) is 17.6 Å². The predicted octanol–water partition coefficient (Wildman–Crippen LogP) is 3.69. The van der Waals surface area contributed by atoms with E-state index in [0.29, 0.717) is 42.4 Å². The van der Waals surface area contributed by atoms with Gasteiger partial charge in [-0.05, 0) is 24.3 Å². The van der Waals surface area contributed by atoms with Crippen LogP contribution in [0.2, 0.25) is 0 Å². The molecule has 0 fully saturated rings. The summed E-state index contributed by atoms with van der Waals surface area (Å²) in [5.74, 6) is -1.38. The zero-order valence-corrected chi connectivity index (χ0v) is 13.7. The second-order valence-corrected chi connectivity index (χ2v) is 5.84. The van der Waals surface area contributed by atoms with Crippen LogP contribution >= 0.6 is 0 Å². The van der Waals surface area contributed by atoms with Gasteiger partial charge in [0, 0.05) is 17.8 Å². The van der Waals surface area contributed by atoms with Gasteiger partial charge in [0.25, 0.3) is 0 Å². The molecular formula is C17H12F4N4O2. The smallest absolute Gasteiger partial charge is 0.471 e. The number of hydrogen-bond acceptors (Lipinski definition) is 6. The number of alkyl halides is 3. The van der Waals surface area contributed by atoms with Gasteiger partial charge < -0.3 is 14.2 Å². The molecule has 10 heteroatoms. The number of fused-ring (bicyclic) bond motifs is 1. The number of nitrogens with zero attached hydrogens (tertiary/aromatic N) is 4. The number of benzene rings is 1. The Bertz CT molecular complexity index is 956. The number of hydrogen-bond donors (Lipinski definition) is 0. The molecule has 140 valence electrons. The van der Waals surface area contributed by atoms with E-state index in [1.54, 1.807) is 18.2 Å². The Morgan fingerprint density at radius 2 is 2.00 bits per heavy atom. The lowest BCUT2D eigenvalue weighted by molar-refractivity contribution is -0.159. The monoisotopic (exact) mass is 380 g/mol. The van der Waals surface area contributed by atoms with Gasteiger partial charge in [-0.25, -0.2) is 4.39 Å². The molecule has 6 nitrogen and oxygen atoms in total. The van der Waals surface area contributed by atoms with Crippen molar-refractivity contribution in [2.24, 2.45) is 0 Å². The maximum Gasteiger partial charge on any atom is 0.471 e. The third-order valence-electron chi connectivity index (χ3n) is 3.98. The first-order valence-corrected chi connectivity index (χ1v) is 7.94. The van der Waals surface area contributed by atoms with Crippen LogP contribution in [0.15, 0.2) is 41.1 Å². The highest BCUT2D eigenvalue weighted by Crippen LogP contribution is 2.33. The third kappa shape index (κ3) is 3.55. The van der Waals surface area contributed by atoms with E-state index in [0.717, 1.165) is 0 Å². The Kier molecular flexibility index (Phi) is 4.17. The molecular weight excluding hydrogens is 368 g/mol. The highest BCUT2D eigenvalue weighted by atomic mass is 19.4. The summed E-state index contributed by atoms with van der Waals surface area (Å²) in [7, 11) is 0. The van der Waals surface area contributed by atoms with E-state index in [1.807, 2.05) is 4.90 Å². The fourth-order valence-corrected chi connectivity index (χ4v) is 2.71. The van der Waals surface area contributed by atoms with Crippen molar-refractivity contribution in [1.29, 1.82) is 0 Å². The minimum Gasteiger partial charge on any atom is -0.490 e. The third-order valence-corrected chi connectivity index (χ3v) is 3.98. The van der Waals surface area contributed by atoms with Crippen molar-refractivity contribution < 1.29 is 26.8 Å². The molecule has 3 aromatic rings. The molecule has 27 heavy (non-hydrogen) atoms.